The molecule has 4 aromatic rings. The zero-order chi connectivity index (χ0) is 23.1. The summed E-state index contributed by atoms with van der Waals surface area (Å²) < 4.78 is 30.5. The Kier molecular flexibility index (Phi) is 6.72. The van der Waals surface area contributed by atoms with Crippen LogP contribution in [0.1, 0.15) is 44.6 Å². The average molecular weight is 625 g/mol. The minimum Gasteiger partial charge on any atom is -0.284 e. The minimum absolute atomic E-state index is 0. The van der Waals surface area contributed by atoms with Crippen molar-refractivity contribution in [3.63, 3.8) is 0 Å². The third-order valence-electron chi connectivity index (χ3n) is 6.25. The van der Waals surface area contributed by atoms with Crippen LogP contribution in [0.3, 0.4) is 0 Å². The summed E-state index contributed by atoms with van der Waals surface area (Å²) in [5.74, 6) is -1.42. The quantitative estimate of drug-likeness (QED) is 0.292. The zero-order valence-electron chi connectivity index (χ0n) is 18.5. The largest absolute Gasteiger partial charge is 2.00 e. The fourth-order valence-corrected chi connectivity index (χ4v) is 3.48. The van der Waals surface area contributed by atoms with E-state index in [1.165, 1.54) is 4.68 Å². The Hall–Kier alpha value is -3.10. The fourth-order valence-electron chi connectivity index (χ4n) is 3.48. The molecule has 0 saturated carbocycles. The third-order valence-corrected chi connectivity index (χ3v) is 6.25. The minimum atomic E-state index is -0.730. The van der Waals surface area contributed by atoms with Crippen molar-refractivity contribution in [2.45, 2.75) is 38.5 Å². The van der Waals surface area contributed by atoms with Gasteiger partial charge in [0.25, 0.3) is 0 Å². The van der Waals surface area contributed by atoms with E-state index in [1.54, 1.807) is 29.1 Å². The number of halogens is 2. The molecule has 2 aromatic carbocycles. The number of rotatable bonds is 5. The second kappa shape index (κ2) is 9.03. The molecule has 0 aliphatic carbocycles. The molecule has 0 saturated heterocycles. The van der Waals surface area contributed by atoms with E-state index in [1.807, 2.05) is 32.2 Å². The Morgan fingerprint density at radius 2 is 1.52 bits per heavy atom. The molecule has 0 N–H and O–H groups in total. The summed E-state index contributed by atoms with van der Waals surface area (Å²) in [7, 11) is 0. The number of nitrogens with zero attached hydrogens (tertiary/aromatic N) is 5. The molecule has 0 aliphatic heterocycles. The van der Waals surface area contributed by atoms with Crippen LogP contribution in [0.15, 0.2) is 54.9 Å². The van der Waals surface area contributed by atoms with Gasteiger partial charge in [0, 0.05) is 34.9 Å². The van der Waals surface area contributed by atoms with Crippen molar-refractivity contribution >= 4 is 0 Å². The molecule has 2 heterocycles. The van der Waals surface area contributed by atoms with Gasteiger partial charge in [-0.25, -0.2) is 0 Å². The van der Waals surface area contributed by atoms with Crippen molar-refractivity contribution in [2.75, 3.05) is 0 Å². The Morgan fingerprint density at radius 3 is 2.12 bits per heavy atom. The van der Waals surface area contributed by atoms with Gasteiger partial charge < -0.3 is 0 Å². The summed E-state index contributed by atoms with van der Waals surface area (Å²) in [6.07, 6.45) is 3.47. The van der Waals surface area contributed by atoms with Crippen LogP contribution in [-0.2, 0) is 31.9 Å². The van der Waals surface area contributed by atoms with Gasteiger partial charge in [0.2, 0.25) is 0 Å². The molecule has 0 amide bonds. The van der Waals surface area contributed by atoms with Crippen LogP contribution in [-0.4, -0.2) is 19.6 Å². The summed E-state index contributed by atoms with van der Waals surface area (Å²) in [6.45, 7) is 8.23. The molecule has 2 aromatic heterocycles. The summed E-state index contributed by atoms with van der Waals surface area (Å²) in [6, 6.07) is 18.6. The second-order valence-corrected chi connectivity index (χ2v) is 8.63. The fraction of sp³-hybridized carbons (Fsp3) is 0.240. The first-order valence-electron chi connectivity index (χ1n) is 10.0. The second-order valence-electron chi connectivity index (χ2n) is 8.63. The summed E-state index contributed by atoms with van der Waals surface area (Å²) >= 11 is 0. The first kappa shape index (κ1) is 24.5. The van der Waals surface area contributed by atoms with Gasteiger partial charge in [0.15, 0.2) is 0 Å². The van der Waals surface area contributed by atoms with E-state index in [-0.39, 0.29) is 26.8 Å². The zero-order valence-corrected chi connectivity index (χ0v) is 20.8. The molecule has 0 spiro atoms. The van der Waals surface area contributed by atoms with Crippen LogP contribution in [0, 0.1) is 35.1 Å². The van der Waals surface area contributed by atoms with Crippen molar-refractivity contribution in [2.24, 2.45) is 0 Å². The van der Waals surface area contributed by atoms with Crippen molar-refractivity contribution < 1.29 is 29.8 Å². The van der Waals surface area contributed by atoms with Gasteiger partial charge >= 0.3 is 21.1 Å². The van der Waals surface area contributed by atoms with Crippen LogP contribution in [0.25, 0.3) is 11.4 Å². The van der Waals surface area contributed by atoms with Gasteiger partial charge in [0.1, 0.15) is 0 Å². The van der Waals surface area contributed by atoms with E-state index < -0.39 is 22.5 Å². The molecule has 170 valence electrons. The summed E-state index contributed by atoms with van der Waals surface area (Å²) in [5, 5.41) is 18.5. The van der Waals surface area contributed by atoms with Gasteiger partial charge in [-0.2, -0.15) is 39.7 Å². The van der Waals surface area contributed by atoms with Crippen LogP contribution >= 0.6 is 0 Å². The predicted molar refractivity (Wildman–Crippen MR) is 115 cm³/mol. The SMILES string of the molecule is CC(C)(c1ccn(-c2[c-]ccc(C#N)c2)n1)C(C)(C)c1ccn(-c2[c-]cc(F)cc2F)n1.[Pt+2]. The van der Waals surface area contributed by atoms with E-state index in [9.17, 15) is 8.78 Å². The summed E-state index contributed by atoms with van der Waals surface area (Å²) in [4.78, 5) is 0. The molecule has 0 aliphatic rings. The normalized spacial score (nSPS) is 11.7. The Balaban J connectivity index is 0.00000306. The number of aromatic nitrogens is 4. The van der Waals surface area contributed by atoms with E-state index in [0.717, 1.165) is 23.5 Å². The summed E-state index contributed by atoms with van der Waals surface area (Å²) in [5.41, 5.74) is 1.87. The van der Waals surface area contributed by atoms with Gasteiger partial charge in [-0.05, 0) is 23.5 Å². The number of hydrogen-bond donors (Lipinski definition) is 0. The van der Waals surface area contributed by atoms with Gasteiger partial charge in [0.05, 0.1) is 17.5 Å². The van der Waals surface area contributed by atoms with Gasteiger partial charge in [-0.15, -0.1) is 18.2 Å². The molecule has 0 fully saturated rings. The van der Waals surface area contributed by atoms with Gasteiger partial charge in [-0.3, -0.25) is 18.1 Å². The van der Waals surface area contributed by atoms with Crippen molar-refractivity contribution in [1.29, 1.82) is 5.26 Å². The number of benzene rings is 2. The average Bonchev–Trinajstić information content (AvgIpc) is 3.44. The predicted octanol–water partition coefficient (Wildman–Crippen LogP) is 5.06. The van der Waals surface area contributed by atoms with E-state index in [4.69, 9.17) is 10.4 Å². The molecule has 0 atom stereocenters. The molecule has 4 rings (SSSR count). The van der Waals surface area contributed by atoms with Crippen LogP contribution < -0.4 is 0 Å². The first-order chi connectivity index (χ1) is 15.1. The van der Waals surface area contributed by atoms with E-state index in [2.05, 4.69) is 37.1 Å². The van der Waals surface area contributed by atoms with Crippen molar-refractivity contribution in [3.05, 3.63) is 95.6 Å². The monoisotopic (exact) mass is 624 g/mol. The molecule has 5 nitrogen and oxygen atoms in total. The first-order valence-corrected chi connectivity index (χ1v) is 10.0. The van der Waals surface area contributed by atoms with Crippen molar-refractivity contribution in [3.8, 4) is 17.4 Å². The molecule has 33 heavy (non-hydrogen) atoms. The van der Waals surface area contributed by atoms with Crippen LogP contribution in [0.5, 0.6) is 0 Å². The maximum absolute atomic E-state index is 14.2. The molecule has 0 radical (unpaired) electrons. The van der Waals surface area contributed by atoms with Crippen LogP contribution in [0.2, 0.25) is 0 Å². The smallest absolute Gasteiger partial charge is 0.284 e. The molecular weight excluding hydrogens is 603 g/mol. The third kappa shape index (κ3) is 4.40. The standard InChI is InChI=1S/C25H21F2N5.Pt/c1-24(2,22-10-12-31(29-22)19-7-5-6-17(14-19)16-28)25(3,4)23-11-13-32(30-23)21-9-8-18(26)15-20(21)27;/h5-6,8,10-15H,1-4H3;/q-2;+2. The van der Waals surface area contributed by atoms with Crippen molar-refractivity contribution in [1.82, 2.24) is 19.6 Å². The molecular formula is C25H21F2N5Pt. The maximum Gasteiger partial charge on any atom is 2.00 e. The Morgan fingerprint density at radius 1 is 0.909 bits per heavy atom. The molecule has 0 bridgehead atoms. The van der Waals surface area contributed by atoms with Gasteiger partial charge in [-0.1, -0.05) is 33.3 Å². The van der Waals surface area contributed by atoms with Crippen LogP contribution in [0.4, 0.5) is 8.78 Å². The molecule has 0 unspecified atom stereocenters. The number of hydrogen-bond acceptors (Lipinski definition) is 3. The van der Waals surface area contributed by atoms with E-state index in [0.29, 0.717) is 11.3 Å². The topological polar surface area (TPSA) is 59.4 Å². The number of nitriles is 1. The van der Waals surface area contributed by atoms with E-state index >= 15 is 0 Å². The maximum atomic E-state index is 14.2. The molecule has 8 heteroatoms. The Bertz CT molecular complexity index is 1330. The Labute approximate surface area is 205 Å².